The number of ketones is 1. The Kier molecular flexibility index (Phi) is 3.62. The number of carbonyl (C=O) groups excluding carboxylic acids is 1. The van der Waals surface area contributed by atoms with Gasteiger partial charge in [0.1, 0.15) is 5.76 Å². The molecule has 2 nitrogen and oxygen atoms in total. The van der Waals surface area contributed by atoms with Gasteiger partial charge in [-0.15, -0.1) is 0 Å². The Morgan fingerprint density at radius 3 is 2.76 bits per heavy atom. The van der Waals surface area contributed by atoms with Crippen molar-refractivity contribution < 1.29 is 9.53 Å². The predicted molar refractivity (Wildman–Crippen MR) is 84.5 cm³/mol. The summed E-state index contributed by atoms with van der Waals surface area (Å²) in [7, 11) is 0. The lowest BCUT2D eigenvalue weighted by atomic mass is 9.72. The summed E-state index contributed by atoms with van der Waals surface area (Å²) in [5.74, 6) is 0.718. The maximum atomic E-state index is 12.6. The standard InChI is InChI=1S/C17H16Cl2O2/c1-17(2)8-13(20)15-10(6-7-21-14(15)9-17)11-4-3-5-12(18)16(11)19/h3-7,10H,8-9H2,1-2H3. The van der Waals surface area contributed by atoms with Crippen LogP contribution in [0.1, 0.15) is 38.2 Å². The molecule has 0 fully saturated rings. The van der Waals surface area contributed by atoms with Gasteiger partial charge in [-0.2, -0.15) is 0 Å². The van der Waals surface area contributed by atoms with Crippen molar-refractivity contribution in [2.24, 2.45) is 5.41 Å². The quantitative estimate of drug-likeness (QED) is 0.704. The van der Waals surface area contributed by atoms with E-state index in [1.54, 1.807) is 12.3 Å². The molecule has 1 heterocycles. The van der Waals surface area contributed by atoms with Crippen LogP contribution < -0.4 is 0 Å². The van der Waals surface area contributed by atoms with Gasteiger partial charge in [-0.05, 0) is 23.1 Å². The highest BCUT2D eigenvalue weighted by Crippen LogP contribution is 2.46. The maximum absolute atomic E-state index is 12.6. The molecule has 0 saturated carbocycles. The van der Waals surface area contributed by atoms with Crippen LogP contribution >= 0.6 is 23.2 Å². The number of halogens is 2. The fourth-order valence-electron chi connectivity index (χ4n) is 3.05. The van der Waals surface area contributed by atoms with Gasteiger partial charge in [0.15, 0.2) is 5.78 Å². The molecule has 1 aromatic rings. The van der Waals surface area contributed by atoms with E-state index in [1.165, 1.54) is 0 Å². The van der Waals surface area contributed by atoms with Crippen LogP contribution in [0, 0.1) is 5.41 Å². The van der Waals surface area contributed by atoms with Crippen LogP contribution in [0.2, 0.25) is 10.0 Å². The Balaban J connectivity index is 2.09. The van der Waals surface area contributed by atoms with E-state index in [0.717, 1.165) is 23.3 Å². The third-order valence-corrected chi connectivity index (χ3v) is 4.82. The molecule has 21 heavy (non-hydrogen) atoms. The lowest BCUT2D eigenvalue weighted by Crippen LogP contribution is -2.29. The summed E-state index contributed by atoms with van der Waals surface area (Å²) in [6, 6.07) is 5.51. The van der Waals surface area contributed by atoms with Crippen LogP contribution in [0.5, 0.6) is 0 Å². The minimum absolute atomic E-state index is 0.0657. The van der Waals surface area contributed by atoms with E-state index < -0.39 is 0 Å². The highest BCUT2D eigenvalue weighted by molar-refractivity contribution is 6.42. The number of rotatable bonds is 1. The SMILES string of the molecule is CC1(C)CC(=O)C2=C(C1)OC=CC2c1cccc(Cl)c1Cl. The largest absolute Gasteiger partial charge is 0.469 e. The van der Waals surface area contributed by atoms with Crippen molar-refractivity contribution in [2.45, 2.75) is 32.6 Å². The number of carbonyl (C=O) groups is 1. The second kappa shape index (κ2) is 5.19. The summed E-state index contributed by atoms with van der Waals surface area (Å²) in [5, 5.41) is 1.000. The predicted octanol–water partition coefficient (Wildman–Crippen LogP) is 5.26. The molecule has 1 aromatic carbocycles. The van der Waals surface area contributed by atoms with Gasteiger partial charge in [0.25, 0.3) is 0 Å². The monoisotopic (exact) mass is 322 g/mol. The van der Waals surface area contributed by atoms with Crippen molar-refractivity contribution in [3.05, 3.63) is 57.5 Å². The Labute approximate surface area is 134 Å². The average molecular weight is 323 g/mol. The highest BCUT2D eigenvalue weighted by atomic mass is 35.5. The molecule has 0 bridgehead atoms. The van der Waals surface area contributed by atoms with Crippen LogP contribution in [0.3, 0.4) is 0 Å². The highest BCUT2D eigenvalue weighted by Gasteiger charge is 2.38. The molecule has 0 N–H and O–H groups in total. The first kappa shape index (κ1) is 14.7. The van der Waals surface area contributed by atoms with Crippen LogP contribution in [-0.2, 0) is 9.53 Å². The number of hydrogen-bond donors (Lipinski definition) is 0. The first-order valence-electron chi connectivity index (χ1n) is 6.92. The van der Waals surface area contributed by atoms with Gasteiger partial charge >= 0.3 is 0 Å². The number of benzene rings is 1. The van der Waals surface area contributed by atoms with Crippen LogP contribution in [-0.4, -0.2) is 5.78 Å². The first-order chi connectivity index (χ1) is 9.89. The second-order valence-electron chi connectivity index (χ2n) is 6.34. The molecule has 4 heteroatoms. The van der Waals surface area contributed by atoms with E-state index in [4.69, 9.17) is 27.9 Å². The summed E-state index contributed by atoms with van der Waals surface area (Å²) in [6.07, 6.45) is 4.80. The number of ether oxygens (including phenoxy) is 1. The smallest absolute Gasteiger partial charge is 0.163 e. The maximum Gasteiger partial charge on any atom is 0.163 e. The summed E-state index contributed by atoms with van der Waals surface area (Å²) in [4.78, 5) is 12.6. The molecule has 1 aliphatic carbocycles. The van der Waals surface area contributed by atoms with Crippen molar-refractivity contribution in [3.8, 4) is 0 Å². The van der Waals surface area contributed by atoms with Crippen molar-refractivity contribution >= 4 is 29.0 Å². The van der Waals surface area contributed by atoms with Crippen molar-refractivity contribution in [1.82, 2.24) is 0 Å². The van der Waals surface area contributed by atoms with E-state index in [2.05, 4.69) is 13.8 Å². The molecule has 0 radical (unpaired) electrons. The lowest BCUT2D eigenvalue weighted by Gasteiger charge is -2.35. The minimum Gasteiger partial charge on any atom is -0.469 e. The molecular formula is C17H16Cl2O2. The molecule has 110 valence electrons. The van der Waals surface area contributed by atoms with Gasteiger partial charge < -0.3 is 4.74 Å². The molecular weight excluding hydrogens is 307 g/mol. The van der Waals surface area contributed by atoms with E-state index >= 15 is 0 Å². The molecule has 1 atom stereocenters. The number of hydrogen-bond acceptors (Lipinski definition) is 2. The van der Waals surface area contributed by atoms with Gasteiger partial charge in [-0.25, -0.2) is 0 Å². The Morgan fingerprint density at radius 1 is 1.24 bits per heavy atom. The third kappa shape index (κ3) is 2.63. The molecule has 0 spiro atoms. The molecule has 1 unspecified atom stereocenters. The van der Waals surface area contributed by atoms with Gasteiger partial charge in [0.05, 0.1) is 16.3 Å². The van der Waals surface area contributed by atoms with Crippen LogP contribution in [0.4, 0.5) is 0 Å². The third-order valence-electron chi connectivity index (χ3n) is 3.99. The van der Waals surface area contributed by atoms with Crippen molar-refractivity contribution in [2.75, 3.05) is 0 Å². The molecule has 0 saturated heterocycles. The summed E-state index contributed by atoms with van der Waals surface area (Å²) < 4.78 is 5.61. The second-order valence-corrected chi connectivity index (χ2v) is 7.13. The average Bonchev–Trinajstić information content (AvgIpc) is 2.39. The topological polar surface area (TPSA) is 26.3 Å². The fraction of sp³-hybridized carbons (Fsp3) is 0.353. The minimum atomic E-state index is -0.177. The van der Waals surface area contributed by atoms with Crippen molar-refractivity contribution in [1.29, 1.82) is 0 Å². The summed E-state index contributed by atoms with van der Waals surface area (Å²) in [5.41, 5.74) is 1.51. The normalized spacial score (nSPS) is 23.8. The van der Waals surface area contributed by atoms with E-state index in [0.29, 0.717) is 16.5 Å². The number of allylic oxidation sites excluding steroid dienone is 3. The molecule has 0 aromatic heterocycles. The van der Waals surface area contributed by atoms with E-state index in [-0.39, 0.29) is 17.1 Å². The van der Waals surface area contributed by atoms with Crippen molar-refractivity contribution in [3.63, 3.8) is 0 Å². The molecule has 0 amide bonds. The van der Waals surface area contributed by atoms with Gasteiger partial charge in [0.2, 0.25) is 0 Å². The van der Waals surface area contributed by atoms with Crippen LogP contribution in [0.25, 0.3) is 0 Å². The van der Waals surface area contributed by atoms with Gasteiger partial charge in [-0.3, -0.25) is 4.79 Å². The zero-order chi connectivity index (χ0) is 15.2. The zero-order valence-corrected chi connectivity index (χ0v) is 13.5. The van der Waals surface area contributed by atoms with E-state index in [1.807, 2.05) is 18.2 Å². The van der Waals surface area contributed by atoms with Gasteiger partial charge in [0, 0.05) is 24.3 Å². The first-order valence-corrected chi connectivity index (χ1v) is 7.68. The van der Waals surface area contributed by atoms with Crippen LogP contribution in [0.15, 0.2) is 41.9 Å². The molecule has 2 aliphatic rings. The number of Topliss-reactive ketones (excluding diaryl/α,β-unsaturated/α-hetero) is 1. The Bertz CT molecular complexity index is 671. The lowest BCUT2D eigenvalue weighted by molar-refractivity contribution is -0.118. The zero-order valence-electron chi connectivity index (χ0n) is 12.0. The Hall–Kier alpha value is -1.25. The summed E-state index contributed by atoms with van der Waals surface area (Å²) >= 11 is 12.4. The molecule has 3 rings (SSSR count). The fourth-order valence-corrected chi connectivity index (χ4v) is 3.47. The Morgan fingerprint density at radius 2 is 2.00 bits per heavy atom. The molecule has 1 aliphatic heterocycles. The van der Waals surface area contributed by atoms with Gasteiger partial charge in [-0.1, -0.05) is 49.2 Å². The summed E-state index contributed by atoms with van der Waals surface area (Å²) in [6.45, 7) is 4.16. The van der Waals surface area contributed by atoms with E-state index in [9.17, 15) is 4.79 Å².